The Hall–Kier alpha value is -2.90. The number of primary amides is 1. The summed E-state index contributed by atoms with van der Waals surface area (Å²) in [5.41, 5.74) is 11.3. The average molecular weight is 261 g/mol. The van der Waals surface area contributed by atoms with Crippen LogP contribution in [-0.2, 0) is 0 Å². The zero-order valence-electron chi connectivity index (χ0n) is 9.99. The van der Waals surface area contributed by atoms with Crippen LogP contribution in [0.5, 0.6) is 0 Å². The second-order valence-corrected chi connectivity index (χ2v) is 3.87. The molecule has 0 aliphatic rings. The number of amides is 1. The van der Waals surface area contributed by atoms with Gasteiger partial charge in [0.1, 0.15) is 0 Å². The largest absolute Gasteiger partial charge is 0.476 e. The zero-order chi connectivity index (χ0) is 14.2. The van der Waals surface area contributed by atoms with Crippen molar-refractivity contribution < 1.29 is 14.7 Å². The molecule has 0 saturated carbocycles. The van der Waals surface area contributed by atoms with Gasteiger partial charge in [-0.05, 0) is 18.6 Å². The highest BCUT2D eigenvalue weighted by Gasteiger charge is 2.19. The van der Waals surface area contributed by atoms with Gasteiger partial charge in [0.15, 0.2) is 11.5 Å². The summed E-state index contributed by atoms with van der Waals surface area (Å²) in [6.45, 7) is 1.69. The predicted octanol–water partition coefficient (Wildman–Crippen LogP) is -0.0450. The van der Waals surface area contributed by atoms with Crippen molar-refractivity contribution in [2.24, 2.45) is 5.73 Å². The van der Waals surface area contributed by atoms with Gasteiger partial charge >= 0.3 is 5.97 Å². The molecular formula is C11H11N5O3. The maximum absolute atomic E-state index is 11.4. The number of nitrogens with two attached hydrogens (primary N) is 2. The Labute approximate surface area is 107 Å². The van der Waals surface area contributed by atoms with Crippen LogP contribution < -0.4 is 11.5 Å². The Morgan fingerprint density at radius 1 is 1.42 bits per heavy atom. The maximum Gasteiger partial charge on any atom is 0.358 e. The quantitative estimate of drug-likeness (QED) is 0.708. The van der Waals surface area contributed by atoms with Gasteiger partial charge < -0.3 is 16.6 Å². The second-order valence-electron chi connectivity index (χ2n) is 3.87. The van der Waals surface area contributed by atoms with Crippen molar-refractivity contribution >= 4 is 17.6 Å². The number of carbonyl (C=O) groups excluding carboxylic acids is 1. The Bertz CT molecular complexity index is 677. The fourth-order valence-electron chi connectivity index (χ4n) is 1.68. The van der Waals surface area contributed by atoms with Crippen molar-refractivity contribution in [2.45, 2.75) is 6.92 Å². The van der Waals surface area contributed by atoms with Crippen LogP contribution in [0.25, 0.3) is 5.82 Å². The molecule has 0 radical (unpaired) electrons. The third-order valence-electron chi connectivity index (χ3n) is 2.55. The normalized spacial score (nSPS) is 10.4. The zero-order valence-corrected chi connectivity index (χ0v) is 9.99. The number of carboxylic acid groups (broad SMARTS) is 1. The Morgan fingerprint density at radius 2 is 2.11 bits per heavy atom. The van der Waals surface area contributed by atoms with Crippen molar-refractivity contribution in [1.29, 1.82) is 0 Å². The van der Waals surface area contributed by atoms with Crippen LogP contribution in [0.4, 0.5) is 5.69 Å². The minimum atomic E-state index is -1.26. The van der Waals surface area contributed by atoms with Gasteiger partial charge in [0, 0.05) is 6.20 Å². The first kappa shape index (κ1) is 12.6. The molecule has 0 spiro atoms. The van der Waals surface area contributed by atoms with Crippen molar-refractivity contribution in [1.82, 2.24) is 14.8 Å². The lowest BCUT2D eigenvalue weighted by Gasteiger charge is -2.07. The molecule has 1 amide bonds. The van der Waals surface area contributed by atoms with E-state index in [1.54, 1.807) is 13.0 Å². The number of carboxylic acids is 1. The van der Waals surface area contributed by atoms with Crippen molar-refractivity contribution in [2.75, 3.05) is 5.73 Å². The monoisotopic (exact) mass is 261 g/mol. The highest BCUT2D eigenvalue weighted by molar-refractivity contribution is 5.97. The van der Waals surface area contributed by atoms with Gasteiger partial charge in [-0.2, -0.15) is 5.10 Å². The lowest BCUT2D eigenvalue weighted by molar-refractivity contribution is 0.0691. The molecule has 0 fully saturated rings. The van der Waals surface area contributed by atoms with E-state index in [0.29, 0.717) is 5.56 Å². The summed E-state index contributed by atoms with van der Waals surface area (Å²) < 4.78 is 1.13. The summed E-state index contributed by atoms with van der Waals surface area (Å²) in [7, 11) is 0. The number of aryl methyl sites for hydroxylation is 1. The topological polar surface area (TPSA) is 137 Å². The van der Waals surface area contributed by atoms with E-state index in [0.717, 1.165) is 4.68 Å². The molecule has 2 aromatic heterocycles. The van der Waals surface area contributed by atoms with Crippen LogP contribution in [0.2, 0.25) is 0 Å². The predicted molar refractivity (Wildman–Crippen MR) is 66.0 cm³/mol. The van der Waals surface area contributed by atoms with Crippen LogP contribution >= 0.6 is 0 Å². The van der Waals surface area contributed by atoms with Gasteiger partial charge in [-0.1, -0.05) is 0 Å². The molecule has 8 heteroatoms. The molecule has 8 nitrogen and oxygen atoms in total. The third-order valence-corrected chi connectivity index (χ3v) is 2.55. The minimum absolute atomic E-state index is 0.0220. The molecule has 2 aromatic rings. The number of nitrogen functional groups attached to an aromatic ring is 1. The van der Waals surface area contributed by atoms with Crippen molar-refractivity contribution in [3.8, 4) is 5.82 Å². The molecule has 0 bridgehead atoms. The second kappa shape index (κ2) is 4.41. The number of aromatic carboxylic acids is 1. The smallest absolute Gasteiger partial charge is 0.358 e. The van der Waals surface area contributed by atoms with Gasteiger partial charge in [-0.3, -0.25) is 4.79 Å². The number of pyridine rings is 1. The molecule has 19 heavy (non-hydrogen) atoms. The SMILES string of the molecule is Cc1ccnc(-n2cc(N)c(C(=O)O)n2)c1C(N)=O. The van der Waals surface area contributed by atoms with Crippen molar-refractivity contribution in [3.63, 3.8) is 0 Å². The highest BCUT2D eigenvalue weighted by Crippen LogP contribution is 2.18. The van der Waals surface area contributed by atoms with Crippen LogP contribution in [-0.4, -0.2) is 31.7 Å². The molecule has 5 N–H and O–H groups in total. The van der Waals surface area contributed by atoms with E-state index in [1.165, 1.54) is 12.4 Å². The maximum atomic E-state index is 11.4. The van der Waals surface area contributed by atoms with Crippen LogP contribution in [0.15, 0.2) is 18.5 Å². The van der Waals surface area contributed by atoms with E-state index in [1.807, 2.05) is 0 Å². The van der Waals surface area contributed by atoms with E-state index in [2.05, 4.69) is 10.1 Å². The first-order chi connectivity index (χ1) is 8.91. The van der Waals surface area contributed by atoms with Gasteiger partial charge in [-0.15, -0.1) is 0 Å². The molecule has 2 rings (SSSR count). The van der Waals surface area contributed by atoms with Crippen molar-refractivity contribution in [3.05, 3.63) is 35.3 Å². The number of carbonyl (C=O) groups is 2. The Kier molecular flexibility index (Phi) is 2.91. The fraction of sp³-hybridized carbons (Fsp3) is 0.0909. The number of hydrogen-bond donors (Lipinski definition) is 3. The number of aromatic nitrogens is 3. The van der Waals surface area contributed by atoms with Crippen LogP contribution in [0.3, 0.4) is 0 Å². The standard InChI is InChI=1S/C11H11N5O3/c1-5-2-3-14-10(7(5)9(13)17)16-4-6(12)8(15-16)11(18)19/h2-4H,12H2,1H3,(H2,13,17)(H,18,19). The lowest BCUT2D eigenvalue weighted by atomic mass is 10.1. The fourth-order valence-corrected chi connectivity index (χ4v) is 1.68. The summed E-state index contributed by atoms with van der Waals surface area (Å²) in [6.07, 6.45) is 2.74. The van der Waals surface area contributed by atoms with Gasteiger partial charge in [0.25, 0.3) is 5.91 Å². The van der Waals surface area contributed by atoms with E-state index in [4.69, 9.17) is 16.6 Å². The molecule has 0 atom stereocenters. The lowest BCUT2D eigenvalue weighted by Crippen LogP contribution is -2.18. The minimum Gasteiger partial charge on any atom is -0.476 e. The van der Waals surface area contributed by atoms with Gasteiger partial charge in [-0.25, -0.2) is 14.5 Å². The molecule has 0 aromatic carbocycles. The highest BCUT2D eigenvalue weighted by atomic mass is 16.4. The molecule has 0 saturated heterocycles. The summed E-state index contributed by atoms with van der Waals surface area (Å²) in [5.74, 6) is -1.79. The van der Waals surface area contributed by atoms with E-state index in [-0.39, 0.29) is 22.8 Å². The summed E-state index contributed by atoms with van der Waals surface area (Å²) in [4.78, 5) is 26.3. The van der Waals surface area contributed by atoms with E-state index >= 15 is 0 Å². The average Bonchev–Trinajstić information content (AvgIpc) is 2.70. The molecule has 98 valence electrons. The van der Waals surface area contributed by atoms with Gasteiger partial charge in [0.05, 0.1) is 17.4 Å². The number of rotatable bonds is 3. The van der Waals surface area contributed by atoms with Crippen LogP contribution in [0.1, 0.15) is 26.4 Å². The molecular weight excluding hydrogens is 250 g/mol. The number of hydrogen-bond acceptors (Lipinski definition) is 5. The summed E-state index contributed by atoms with van der Waals surface area (Å²) in [6, 6.07) is 1.62. The molecule has 2 heterocycles. The Morgan fingerprint density at radius 3 is 2.63 bits per heavy atom. The summed E-state index contributed by atoms with van der Waals surface area (Å²) >= 11 is 0. The molecule has 0 unspecified atom stereocenters. The number of anilines is 1. The molecule has 0 aliphatic carbocycles. The van der Waals surface area contributed by atoms with Crippen LogP contribution in [0, 0.1) is 6.92 Å². The molecule has 0 aliphatic heterocycles. The first-order valence-electron chi connectivity index (χ1n) is 5.26. The first-order valence-corrected chi connectivity index (χ1v) is 5.26. The number of nitrogens with zero attached hydrogens (tertiary/aromatic N) is 3. The van der Waals surface area contributed by atoms with Gasteiger partial charge in [0.2, 0.25) is 0 Å². The Balaban J connectivity index is 2.66. The third kappa shape index (κ3) is 2.10. The summed E-state index contributed by atoms with van der Waals surface area (Å²) in [5, 5.41) is 12.7. The van der Waals surface area contributed by atoms with E-state index < -0.39 is 11.9 Å². The van der Waals surface area contributed by atoms with E-state index in [9.17, 15) is 9.59 Å².